The van der Waals surface area contributed by atoms with Gasteiger partial charge in [0.2, 0.25) is 0 Å². The van der Waals surface area contributed by atoms with E-state index in [0.717, 1.165) is 72.1 Å². The highest BCUT2D eigenvalue weighted by Crippen LogP contribution is 2.52. The third-order valence-corrected chi connectivity index (χ3v) is 7.75. The maximum Gasteiger partial charge on any atom is 0.178 e. The zero-order chi connectivity index (χ0) is 24.0. The van der Waals surface area contributed by atoms with Gasteiger partial charge in [-0.15, -0.1) is 0 Å². The molecule has 0 aliphatic carbocycles. The summed E-state index contributed by atoms with van der Waals surface area (Å²) in [6, 6.07) is 33.6. The lowest BCUT2D eigenvalue weighted by atomic mass is 9.75. The average molecular weight is 467 g/mol. The summed E-state index contributed by atoms with van der Waals surface area (Å²) < 4.78 is 18.9. The van der Waals surface area contributed by atoms with Gasteiger partial charge in [-0.25, -0.2) is 0 Å². The van der Waals surface area contributed by atoms with Gasteiger partial charge in [-0.3, -0.25) is 0 Å². The molecule has 5 aromatic carbocycles. The summed E-state index contributed by atoms with van der Waals surface area (Å²) in [7, 11) is 0. The third-order valence-electron chi connectivity index (χ3n) is 7.75. The second-order valence-corrected chi connectivity index (χ2v) is 10.2. The van der Waals surface area contributed by atoms with Gasteiger partial charge in [0.25, 0.3) is 0 Å². The third kappa shape index (κ3) is 2.57. The molecule has 8 rings (SSSR count). The van der Waals surface area contributed by atoms with Crippen molar-refractivity contribution in [2.75, 3.05) is 0 Å². The quantitative estimate of drug-likeness (QED) is 0.242. The van der Waals surface area contributed by atoms with Crippen molar-refractivity contribution < 1.29 is 13.6 Å². The summed E-state index contributed by atoms with van der Waals surface area (Å²) in [5, 5.41) is 4.47. The van der Waals surface area contributed by atoms with Crippen molar-refractivity contribution in [3.63, 3.8) is 0 Å². The highest BCUT2D eigenvalue weighted by Gasteiger charge is 2.36. The molecule has 3 heterocycles. The average Bonchev–Trinajstić information content (AvgIpc) is 3.47. The molecule has 0 N–H and O–H groups in total. The van der Waals surface area contributed by atoms with Crippen molar-refractivity contribution in [3.8, 4) is 22.6 Å². The standard InChI is InChI=1S/C33H22O3/c1-33(2)25-14-13-23-21-7-3-6-10-28(21)35-31(23)32(25)36-30-16-12-20(18-26(30)33)19-11-15-29-24(17-19)22-8-4-5-9-27(22)34-29/h3-18H,1-2H3. The largest absolute Gasteiger partial charge is 0.456 e. The molecule has 3 nitrogen and oxygen atoms in total. The van der Waals surface area contributed by atoms with Crippen molar-refractivity contribution in [1.82, 2.24) is 0 Å². The molecular formula is C33H22O3. The van der Waals surface area contributed by atoms with Gasteiger partial charge in [0, 0.05) is 38.1 Å². The van der Waals surface area contributed by atoms with Crippen LogP contribution < -0.4 is 4.74 Å². The molecule has 0 amide bonds. The highest BCUT2D eigenvalue weighted by molar-refractivity contribution is 6.08. The maximum atomic E-state index is 6.55. The summed E-state index contributed by atoms with van der Waals surface area (Å²) in [6.07, 6.45) is 0. The number of fused-ring (bicyclic) bond motifs is 9. The first-order valence-electron chi connectivity index (χ1n) is 12.3. The van der Waals surface area contributed by atoms with Gasteiger partial charge >= 0.3 is 0 Å². The van der Waals surface area contributed by atoms with Crippen molar-refractivity contribution in [1.29, 1.82) is 0 Å². The van der Waals surface area contributed by atoms with Crippen LogP contribution in [0.2, 0.25) is 0 Å². The Kier molecular flexibility index (Phi) is 3.73. The van der Waals surface area contributed by atoms with Crippen LogP contribution in [0.1, 0.15) is 25.0 Å². The zero-order valence-electron chi connectivity index (χ0n) is 20.0. The van der Waals surface area contributed by atoms with Gasteiger partial charge in [0.05, 0.1) is 0 Å². The van der Waals surface area contributed by atoms with Crippen LogP contribution in [0, 0.1) is 0 Å². The summed E-state index contributed by atoms with van der Waals surface area (Å²) in [6.45, 7) is 4.52. The number of rotatable bonds is 1. The molecule has 0 fully saturated rings. The first-order chi connectivity index (χ1) is 17.6. The molecule has 1 aliphatic heterocycles. The fraction of sp³-hybridized carbons (Fsp3) is 0.0909. The Morgan fingerprint density at radius 1 is 0.528 bits per heavy atom. The van der Waals surface area contributed by atoms with Crippen LogP contribution in [0.3, 0.4) is 0 Å². The number of ether oxygens (including phenoxy) is 1. The normalized spacial score (nSPS) is 14.3. The Labute approximate surface area is 207 Å². The number of para-hydroxylation sites is 2. The van der Waals surface area contributed by atoms with Crippen molar-refractivity contribution in [2.24, 2.45) is 0 Å². The number of benzene rings is 5. The molecular weight excluding hydrogens is 444 g/mol. The molecule has 0 saturated carbocycles. The van der Waals surface area contributed by atoms with E-state index < -0.39 is 0 Å². The fourth-order valence-corrected chi connectivity index (χ4v) is 5.81. The predicted molar refractivity (Wildman–Crippen MR) is 145 cm³/mol. The molecule has 1 aliphatic rings. The first-order valence-corrected chi connectivity index (χ1v) is 12.3. The molecule has 0 unspecified atom stereocenters. The second-order valence-electron chi connectivity index (χ2n) is 10.2. The summed E-state index contributed by atoms with van der Waals surface area (Å²) in [5.74, 6) is 1.69. The lowest BCUT2D eigenvalue weighted by Gasteiger charge is -2.34. The van der Waals surface area contributed by atoms with Crippen LogP contribution in [-0.4, -0.2) is 0 Å². The Morgan fingerprint density at radius 3 is 2.03 bits per heavy atom. The van der Waals surface area contributed by atoms with Crippen molar-refractivity contribution >= 4 is 43.9 Å². The molecule has 0 radical (unpaired) electrons. The van der Waals surface area contributed by atoms with E-state index in [1.807, 2.05) is 30.3 Å². The Morgan fingerprint density at radius 2 is 1.19 bits per heavy atom. The van der Waals surface area contributed by atoms with Crippen molar-refractivity contribution in [3.05, 3.63) is 108 Å². The molecule has 0 bridgehead atoms. The van der Waals surface area contributed by atoms with E-state index in [2.05, 4.69) is 80.6 Å². The van der Waals surface area contributed by atoms with Gasteiger partial charge in [-0.1, -0.05) is 68.4 Å². The summed E-state index contributed by atoms with van der Waals surface area (Å²) in [5.41, 5.74) is 7.88. The lowest BCUT2D eigenvalue weighted by molar-refractivity contribution is 0.415. The van der Waals surface area contributed by atoms with Crippen LogP contribution in [0.5, 0.6) is 11.5 Å². The van der Waals surface area contributed by atoms with E-state index in [9.17, 15) is 0 Å². The van der Waals surface area contributed by atoms with Crippen LogP contribution >= 0.6 is 0 Å². The summed E-state index contributed by atoms with van der Waals surface area (Å²) >= 11 is 0. The van der Waals surface area contributed by atoms with Gasteiger partial charge in [0.15, 0.2) is 11.3 Å². The number of hydrogen-bond acceptors (Lipinski definition) is 3. The zero-order valence-corrected chi connectivity index (χ0v) is 20.0. The van der Waals surface area contributed by atoms with Gasteiger partial charge in [-0.2, -0.15) is 0 Å². The Balaban J connectivity index is 1.29. The molecule has 0 atom stereocenters. The van der Waals surface area contributed by atoms with Crippen LogP contribution in [-0.2, 0) is 5.41 Å². The SMILES string of the molecule is CC1(C)c2cc(-c3ccc4oc5ccccc5c4c3)ccc2Oc2c1ccc1c2oc2ccccc21. The van der Waals surface area contributed by atoms with Crippen molar-refractivity contribution in [2.45, 2.75) is 19.3 Å². The predicted octanol–water partition coefficient (Wildman–Crippen LogP) is 9.58. The minimum atomic E-state index is -0.251. The molecule has 172 valence electrons. The molecule has 0 spiro atoms. The van der Waals surface area contributed by atoms with Gasteiger partial charge < -0.3 is 13.6 Å². The molecule has 36 heavy (non-hydrogen) atoms. The maximum absolute atomic E-state index is 6.55. The van der Waals surface area contributed by atoms with Gasteiger partial charge in [0.1, 0.15) is 22.5 Å². The van der Waals surface area contributed by atoms with Crippen LogP contribution in [0.15, 0.2) is 106 Å². The Bertz CT molecular complexity index is 2000. The number of furan rings is 2. The monoisotopic (exact) mass is 466 g/mol. The number of hydrogen-bond donors (Lipinski definition) is 0. The van der Waals surface area contributed by atoms with E-state index in [1.54, 1.807) is 0 Å². The minimum Gasteiger partial charge on any atom is -0.456 e. The summed E-state index contributed by atoms with van der Waals surface area (Å²) in [4.78, 5) is 0. The van der Waals surface area contributed by atoms with Crippen LogP contribution in [0.25, 0.3) is 55.0 Å². The van der Waals surface area contributed by atoms with E-state index in [0.29, 0.717) is 0 Å². The van der Waals surface area contributed by atoms with E-state index >= 15 is 0 Å². The van der Waals surface area contributed by atoms with E-state index in [4.69, 9.17) is 13.6 Å². The van der Waals surface area contributed by atoms with E-state index in [-0.39, 0.29) is 5.41 Å². The molecule has 2 aromatic heterocycles. The topological polar surface area (TPSA) is 35.5 Å². The molecule has 0 saturated heterocycles. The Hall–Kier alpha value is -4.50. The van der Waals surface area contributed by atoms with Gasteiger partial charge in [-0.05, 0) is 53.6 Å². The van der Waals surface area contributed by atoms with E-state index in [1.165, 1.54) is 5.56 Å². The molecule has 7 aromatic rings. The van der Waals surface area contributed by atoms with Crippen LogP contribution in [0.4, 0.5) is 0 Å². The molecule has 3 heteroatoms. The first kappa shape index (κ1) is 19.8. The minimum absolute atomic E-state index is 0.251. The highest BCUT2D eigenvalue weighted by atomic mass is 16.5. The lowest BCUT2D eigenvalue weighted by Crippen LogP contribution is -2.24. The smallest absolute Gasteiger partial charge is 0.178 e. The second kappa shape index (κ2) is 6.79. The fourth-order valence-electron chi connectivity index (χ4n) is 5.81.